The Labute approximate surface area is 153 Å². The second kappa shape index (κ2) is 7.83. The highest BCUT2D eigenvalue weighted by molar-refractivity contribution is 7.98. The van der Waals surface area contributed by atoms with E-state index in [9.17, 15) is 4.79 Å². The molecule has 0 atom stereocenters. The number of amides is 1. The molecule has 0 unspecified atom stereocenters. The van der Waals surface area contributed by atoms with Gasteiger partial charge in [0, 0.05) is 23.2 Å². The molecular formula is C16H15ClN4OS2. The third-order valence-corrected chi connectivity index (χ3v) is 5.52. The van der Waals surface area contributed by atoms with Crippen molar-refractivity contribution in [3.63, 3.8) is 0 Å². The molecule has 0 saturated heterocycles. The minimum absolute atomic E-state index is 0.00621. The molecule has 3 aromatic rings. The SMILES string of the molecule is CN(Cc1ccc(Cl)s1)C(=O)c1ccccc1CSc1ncn[nH]1. The smallest absolute Gasteiger partial charge is 0.254 e. The average Bonchev–Trinajstić information content (AvgIpc) is 3.24. The lowest BCUT2D eigenvalue weighted by molar-refractivity contribution is 0.0785. The van der Waals surface area contributed by atoms with Gasteiger partial charge in [-0.1, -0.05) is 41.6 Å². The van der Waals surface area contributed by atoms with Crippen LogP contribution in [0.2, 0.25) is 4.34 Å². The number of carbonyl (C=O) groups excluding carboxylic acids is 1. The summed E-state index contributed by atoms with van der Waals surface area (Å²) in [6.45, 7) is 0.541. The van der Waals surface area contributed by atoms with E-state index in [0.717, 1.165) is 19.9 Å². The molecular weight excluding hydrogens is 364 g/mol. The summed E-state index contributed by atoms with van der Waals surface area (Å²) in [4.78, 5) is 19.6. The molecule has 5 nitrogen and oxygen atoms in total. The van der Waals surface area contributed by atoms with Gasteiger partial charge < -0.3 is 4.90 Å². The highest BCUT2D eigenvalue weighted by Gasteiger charge is 2.16. The van der Waals surface area contributed by atoms with Gasteiger partial charge in [0.1, 0.15) is 6.33 Å². The van der Waals surface area contributed by atoms with Gasteiger partial charge in [-0.3, -0.25) is 9.89 Å². The van der Waals surface area contributed by atoms with Crippen LogP contribution >= 0.6 is 34.7 Å². The van der Waals surface area contributed by atoms with E-state index in [1.165, 1.54) is 29.4 Å². The maximum Gasteiger partial charge on any atom is 0.254 e. The quantitative estimate of drug-likeness (QED) is 0.656. The van der Waals surface area contributed by atoms with Gasteiger partial charge in [-0.25, -0.2) is 4.98 Å². The van der Waals surface area contributed by atoms with Crippen LogP contribution in [-0.2, 0) is 12.3 Å². The fraction of sp³-hybridized carbons (Fsp3) is 0.188. The Balaban J connectivity index is 1.71. The predicted octanol–water partition coefficient (Wildman–Crippen LogP) is 4.08. The first-order valence-electron chi connectivity index (χ1n) is 7.19. The molecule has 1 amide bonds. The van der Waals surface area contributed by atoms with Crippen molar-refractivity contribution in [1.29, 1.82) is 0 Å². The van der Waals surface area contributed by atoms with Gasteiger partial charge in [0.05, 0.1) is 10.9 Å². The zero-order chi connectivity index (χ0) is 16.9. The highest BCUT2D eigenvalue weighted by atomic mass is 35.5. The number of rotatable bonds is 6. The standard InChI is InChI=1S/C16H15ClN4OS2/c1-21(8-12-6-7-14(17)24-12)15(22)13-5-3-2-4-11(13)9-23-16-18-10-19-20-16/h2-7,10H,8-9H2,1H3,(H,18,19,20). The highest BCUT2D eigenvalue weighted by Crippen LogP contribution is 2.25. The number of aromatic amines is 1. The zero-order valence-corrected chi connectivity index (χ0v) is 15.3. The fourth-order valence-corrected chi connectivity index (χ4v) is 4.14. The van der Waals surface area contributed by atoms with Gasteiger partial charge >= 0.3 is 0 Å². The summed E-state index contributed by atoms with van der Waals surface area (Å²) in [6.07, 6.45) is 1.47. The monoisotopic (exact) mass is 378 g/mol. The number of aromatic nitrogens is 3. The summed E-state index contributed by atoms with van der Waals surface area (Å²) < 4.78 is 0.731. The molecule has 0 aliphatic carbocycles. The molecule has 24 heavy (non-hydrogen) atoms. The Kier molecular flexibility index (Phi) is 5.55. The van der Waals surface area contributed by atoms with Crippen molar-refractivity contribution < 1.29 is 4.79 Å². The Morgan fingerprint density at radius 1 is 1.33 bits per heavy atom. The molecule has 0 radical (unpaired) electrons. The predicted molar refractivity (Wildman–Crippen MR) is 97.5 cm³/mol. The van der Waals surface area contributed by atoms with Gasteiger partial charge in [-0.2, -0.15) is 5.10 Å². The molecule has 1 aromatic carbocycles. The molecule has 3 rings (SSSR count). The van der Waals surface area contributed by atoms with Crippen LogP contribution < -0.4 is 0 Å². The minimum Gasteiger partial charge on any atom is -0.337 e. The largest absolute Gasteiger partial charge is 0.337 e. The summed E-state index contributed by atoms with van der Waals surface area (Å²) in [5, 5.41) is 7.37. The molecule has 0 spiro atoms. The molecule has 0 fully saturated rings. The first-order valence-corrected chi connectivity index (χ1v) is 9.37. The van der Waals surface area contributed by atoms with Crippen LogP contribution in [0.25, 0.3) is 0 Å². The maximum absolute atomic E-state index is 12.8. The van der Waals surface area contributed by atoms with E-state index in [2.05, 4.69) is 15.2 Å². The number of hydrogen-bond donors (Lipinski definition) is 1. The van der Waals surface area contributed by atoms with E-state index in [1.807, 2.05) is 36.4 Å². The van der Waals surface area contributed by atoms with Crippen molar-refractivity contribution >= 4 is 40.6 Å². The van der Waals surface area contributed by atoms with Crippen molar-refractivity contribution in [3.05, 3.63) is 63.1 Å². The number of nitrogens with zero attached hydrogens (tertiary/aromatic N) is 3. The first kappa shape index (κ1) is 17.0. The molecule has 0 aliphatic heterocycles. The van der Waals surface area contributed by atoms with Crippen molar-refractivity contribution in [1.82, 2.24) is 20.1 Å². The van der Waals surface area contributed by atoms with Gasteiger partial charge in [0.2, 0.25) is 0 Å². The normalized spacial score (nSPS) is 10.8. The zero-order valence-electron chi connectivity index (χ0n) is 12.9. The molecule has 2 aromatic heterocycles. The topological polar surface area (TPSA) is 61.9 Å². The minimum atomic E-state index is -0.00621. The first-order chi connectivity index (χ1) is 11.6. The van der Waals surface area contributed by atoms with E-state index < -0.39 is 0 Å². The van der Waals surface area contributed by atoms with Gasteiger partial charge in [-0.05, 0) is 23.8 Å². The molecule has 8 heteroatoms. The van der Waals surface area contributed by atoms with Gasteiger partial charge in [-0.15, -0.1) is 11.3 Å². The molecule has 0 saturated carbocycles. The summed E-state index contributed by atoms with van der Waals surface area (Å²) in [5.41, 5.74) is 1.68. The number of nitrogens with one attached hydrogen (secondary N) is 1. The third kappa shape index (κ3) is 4.17. The van der Waals surface area contributed by atoms with Gasteiger partial charge in [0.25, 0.3) is 5.91 Å². The summed E-state index contributed by atoms with van der Waals surface area (Å²) in [6, 6.07) is 11.4. The molecule has 0 bridgehead atoms. The number of benzene rings is 1. The number of thioether (sulfide) groups is 1. The second-order valence-corrected chi connectivity index (χ2v) is 7.87. The molecule has 1 N–H and O–H groups in total. The Hall–Kier alpha value is -1.83. The fourth-order valence-electron chi connectivity index (χ4n) is 2.21. The van der Waals surface area contributed by atoms with E-state index in [0.29, 0.717) is 17.9 Å². The van der Waals surface area contributed by atoms with Crippen LogP contribution in [0.3, 0.4) is 0 Å². The van der Waals surface area contributed by atoms with Crippen LogP contribution in [0.15, 0.2) is 47.9 Å². The van der Waals surface area contributed by atoms with E-state index in [4.69, 9.17) is 11.6 Å². The lowest BCUT2D eigenvalue weighted by Gasteiger charge is -2.18. The average molecular weight is 379 g/mol. The van der Waals surface area contributed by atoms with E-state index >= 15 is 0 Å². The van der Waals surface area contributed by atoms with Crippen LogP contribution in [0.4, 0.5) is 0 Å². The maximum atomic E-state index is 12.8. The number of thiophene rings is 1. The Bertz CT molecular complexity index is 819. The van der Waals surface area contributed by atoms with Crippen molar-refractivity contribution in [2.45, 2.75) is 17.5 Å². The summed E-state index contributed by atoms with van der Waals surface area (Å²) in [5.74, 6) is 0.642. The van der Waals surface area contributed by atoms with E-state index in [1.54, 1.807) is 11.9 Å². The van der Waals surface area contributed by atoms with E-state index in [-0.39, 0.29) is 5.91 Å². The van der Waals surface area contributed by atoms with Crippen LogP contribution in [0.5, 0.6) is 0 Å². The van der Waals surface area contributed by atoms with Gasteiger partial charge in [0.15, 0.2) is 5.16 Å². The lowest BCUT2D eigenvalue weighted by Crippen LogP contribution is -2.26. The Morgan fingerprint density at radius 3 is 2.88 bits per heavy atom. The van der Waals surface area contributed by atoms with Crippen LogP contribution in [0.1, 0.15) is 20.8 Å². The number of H-pyrrole nitrogens is 1. The number of carbonyl (C=O) groups is 1. The van der Waals surface area contributed by atoms with Crippen molar-refractivity contribution in [3.8, 4) is 0 Å². The van der Waals surface area contributed by atoms with Crippen molar-refractivity contribution in [2.24, 2.45) is 0 Å². The lowest BCUT2D eigenvalue weighted by atomic mass is 10.1. The van der Waals surface area contributed by atoms with Crippen LogP contribution in [-0.4, -0.2) is 33.0 Å². The molecule has 124 valence electrons. The number of halogens is 1. The summed E-state index contributed by atoms with van der Waals surface area (Å²) >= 11 is 8.96. The second-order valence-electron chi connectivity index (χ2n) is 5.10. The summed E-state index contributed by atoms with van der Waals surface area (Å²) in [7, 11) is 1.80. The molecule has 2 heterocycles. The van der Waals surface area contributed by atoms with Crippen molar-refractivity contribution in [2.75, 3.05) is 7.05 Å². The molecule has 0 aliphatic rings. The third-order valence-electron chi connectivity index (χ3n) is 3.37. The van der Waals surface area contributed by atoms with Crippen LogP contribution in [0, 0.1) is 0 Å². The Morgan fingerprint density at radius 2 is 2.17 bits per heavy atom. The number of hydrogen-bond acceptors (Lipinski definition) is 5.